The first-order valence-electron chi connectivity index (χ1n) is 8.61. The number of hydrogen-bond donors (Lipinski definition) is 0. The topological polar surface area (TPSA) is 63.4 Å². The molecule has 29 heavy (non-hydrogen) atoms. The Morgan fingerprint density at radius 1 is 0.966 bits per heavy atom. The molecule has 3 aromatic carbocycles. The van der Waals surface area contributed by atoms with Crippen LogP contribution in [-0.4, -0.2) is 10.8 Å². The zero-order chi connectivity index (χ0) is 20.1. The van der Waals surface area contributed by atoms with E-state index in [2.05, 4.69) is 0 Å². The van der Waals surface area contributed by atoms with Gasteiger partial charge in [0.25, 0.3) is 11.6 Å². The normalized spacial score (nSPS) is 12.5. The van der Waals surface area contributed by atoms with Crippen molar-refractivity contribution in [2.24, 2.45) is 0 Å². The minimum absolute atomic E-state index is 0.0283. The predicted molar refractivity (Wildman–Crippen MR) is 117 cm³/mol. The summed E-state index contributed by atoms with van der Waals surface area (Å²) in [4.78, 5) is 28.3. The summed E-state index contributed by atoms with van der Waals surface area (Å²) >= 11 is 9.33. The van der Waals surface area contributed by atoms with Crippen LogP contribution in [0.2, 0.25) is 5.02 Å². The van der Waals surface area contributed by atoms with E-state index in [4.69, 9.17) is 11.6 Å². The number of halogens is 1. The van der Waals surface area contributed by atoms with Crippen LogP contribution in [0.15, 0.2) is 76.5 Å². The number of nitrogens with zero attached hydrogens (tertiary/aromatic N) is 2. The number of rotatable bonds is 2. The Kier molecular flexibility index (Phi) is 4.31. The summed E-state index contributed by atoms with van der Waals surface area (Å²) in [6, 6.07) is 19.9. The van der Waals surface area contributed by atoms with Crippen LogP contribution in [0.5, 0.6) is 0 Å². The largest absolute Gasteiger partial charge is 0.274 e. The maximum atomic E-state index is 13.6. The highest BCUT2D eigenvalue weighted by Crippen LogP contribution is 2.49. The molecule has 0 atom stereocenters. The third-order valence-electron chi connectivity index (χ3n) is 4.65. The summed E-state index contributed by atoms with van der Waals surface area (Å²) in [6.07, 6.45) is 0. The van der Waals surface area contributed by atoms with Gasteiger partial charge in [-0.2, -0.15) is 0 Å². The molecule has 5 nitrogen and oxygen atoms in total. The lowest BCUT2D eigenvalue weighted by Crippen LogP contribution is -2.28. The maximum Gasteiger partial charge on any atom is 0.274 e. The quantitative estimate of drug-likeness (QED) is 0.252. The number of fused-ring (bicyclic) bond motifs is 3. The van der Waals surface area contributed by atoms with E-state index >= 15 is 0 Å². The van der Waals surface area contributed by atoms with E-state index < -0.39 is 4.92 Å². The number of nitro benzene ring substituents is 1. The van der Waals surface area contributed by atoms with Gasteiger partial charge in [0.15, 0.2) is 0 Å². The Morgan fingerprint density at radius 2 is 1.59 bits per heavy atom. The number of amides is 1. The van der Waals surface area contributed by atoms with Gasteiger partial charge in [0.05, 0.1) is 21.3 Å². The van der Waals surface area contributed by atoms with Gasteiger partial charge in [0.1, 0.15) is 4.88 Å². The van der Waals surface area contributed by atoms with Crippen LogP contribution >= 0.6 is 34.7 Å². The van der Waals surface area contributed by atoms with Gasteiger partial charge in [-0.3, -0.25) is 19.8 Å². The molecule has 8 heteroatoms. The first kappa shape index (κ1) is 18.2. The predicted octanol–water partition coefficient (Wildman–Crippen LogP) is 6.91. The number of non-ortho nitro benzene ring substituents is 1. The average Bonchev–Trinajstić information content (AvgIpc) is 3.07. The molecular weight excluding hydrogens is 428 g/mol. The van der Waals surface area contributed by atoms with E-state index in [1.807, 2.05) is 48.5 Å². The highest BCUT2D eigenvalue weighted by Gasteiger charge is 2.31. The van der Waals surface area contributed by atoms with E-state index in [9.17, 15) is 14.9 Å². The summed E-state index contributed by atoms with van der Waals surface area (Å²) in [5.41, 5.74) is 1.56. The van der Waals surface area contributed by atoms with Gasteiger partial charge in [-0.15, -0.1) is 11.3 Å². The number of carbonyl (C=O) groups is 1. The van der Waals surface area contributed by atoms with Crippen LogP contribution < -0.4 is 4.90 Å². The number of thiophene rings is 1. The third kappa shape index (κ3) is 2.90. The lowest BCUT2D eigenvalue weighted by Gasteiger charge is -2.30. The smallest absolute Gasteiger partial charge is 0.274 e. The lowest BCUT2D eigenvalue weighted by atomic mass is 10.2. The number of hydrogen-bond acceptors (Lipinski definition) is 5. The van der Waals surface area contributed by atoms with E-state index in [1.165, 1.54) is 23.5 Å². The van der Waals surface area contributed by atoms with Crippen LogP contribution in [0, 0.1) is 10.1 Å². The molecule has 1 amide bonds. The van der Waals surface area contributed by atoms with Gasteiger partial charge < -0.3 is 0 Å². The second kappa shape index (κ2) is 6.88. The average molecular weight is 439 g/mol. The molecule has 0 unspecified atom stereocenters. The van der Waals surface area contributed by atoms with E-state index in [-0.39, 0.29) is 11.6 Å². The van der Waals surface area contributed by atoms with Crippen LogP contribution in [0.25, 0.3) is 10.1 Å². The fourth-order valence-electron chi connectivity index (χ4n) is 3.33. The number of nitro groups is 1. The Bertz CT molecular complexity index is 1270. The highest BCUT2D eigenvalue weighted by atomic mass is 35.5. The molecule has 0 aliphatic carbocycles. The molecule has 0 N–H and O–H groups in total. The third-order valence-corrected chi connectivity index (χ3v) is 7.43. The molecule has 0 bridgehead atoms. The standard InChI is InChI=1S/C21H11ClN2O3S2/c22-19-13-10-9-12(24(26)27)11-18(13)29-20(19)21(25)23-14-5-1-3-7-16(14)28-17-8-4-2-6-15(17)23/h1-11H. The molecule has 0 spiro atoms. The second-order valence-corrected chi connectivity index (χ2v) is 8.87. The highest BCUT2D eigenvalue weighted by molar-refractivity contribution is 7.99. The van der Waals surface area contributed by atoms with Crippen molar-refractivity contribution in [2.75, 3.05) is 4.90 Å². The van der Waals surface area contributed by atoms with Gasteiger partial charge in [-0.25, -0.2) is 0 Å². The minimum atomic E-state index is -0.455. The molecule has 1 aromatic heterocycles. The van der Waals surface area contributed by atoms with Crippen molar-refractivity contribution < 1.29 is 9.72 Å². The summed E-state index contributed by atoms with van der Waals surface area (Å²) in [5, 5.41) is 12.0. The molecule has 0 radical (unpaired) electrons. The Hall–Kier alpha value is -2.87. The van der Waals surface area contributed by atoms with Gasteiger partial charge in [-0.1, -0.05) is 47.6 Å². The molecule has 1 aliphatic rings. The van der Waals surface area contributed by atoms with Crippen molar-refractivity contribution in [1.82, 2.24) is 0 Å². The number of carbonyl (C=O) groups excluding carboxylic acids is 1. The SMILES string of the molecule is O=C(c1sc2cc([N+](=O)[O-])ccc2c1Cl)N1c2ccccc2Sc2ccccc21. The molecule has 5 rings (SSSR count). The Morgan fingerprint density at radius 3 is 2.21 bits per heavy atom. The number of anilines is 2. The molecule has 0 fully saturated rings. The molecule has 0 saturated carbocycles. The minimum Gasteiger partial charge on any atom is -0.274 e. The van der Waals surface area contributed by atoms with Gasteiger partial charge in [0.2, 0.25) is 0 Å². The zero-order valence-corrected chi connectivity index (χ0v) is 17.1. The summed E-state index contributed by atoms with van der Waals surface area (Å²) in [5.74, 6) is -0.251. The fourth-order valence-corrected chi connectivity index (χ4v) is 5.86. The Labute approximate surface area is 178 Å². The molecule has 0 saturated heterocycles. The van der Waals surface area contributed by atoms with Crippen molar-refractivity contribution in [2.45, 2.75) is 9.79 Å². The molecular formula is C21H11ClN2O3S2. The Balaban J connectivity index is 1.68. The van der Waals surface area contributed by atoms with Gasteiger partial charge in [-0.05, 0) is 30.3 Å². The molecule has 2 heterocycles. The van der Waals surface area contributed by atoms with Crippen molar-refractivity contribution in [1.29, 1.82) is 0 Å². The van der Waals surface area contributed by atoms with Crippen molar-refractivity contribution in [3.05, 3.63) is 86.7 Å². The summed E-state index contributed by atoms with van der Waals surface area (Å²) in [6.45, 7) is 0. The van der Waals surface area contributed by atoms with E-state index in [0.717, 1.165) is 21.2 Å². The summed E-state index contributed by atoms with van der Waals surface area (Å²) < 4.78 is 0.612. The van der Waals surface area contributed by atoms with Crippen LogP contribution in [0.3, 0.4) is 0 Å². The van der Waals surface area contributed by atoms with Crippen LogP contribution in [0.1, 0.15) is 9.67 Å². The maximum absolute atomic E-state index is 13.6. The fraction of sp³-hybridized carbons (Fsp3) is 0. The second-order valence-electron chi connectivity index (χ2n) is 6.36. The van der Waals surface area contributed by atoms with Crippen molar-refractivity contribution in [3.8, 4) is 0 Å². The van der Waals surface area contributed by atoms with Crippen LogP contribution in [0.4, 0.5) is 17.1 Å². The van der Waals surface area contributed by atoms with E-state index in [0.29, 0.717) is 20.0 Å². The first-order valence-corrected chi connectivity index (χ1v) is 10.6. The van der Waals surface area contributed by atoms with Crippen molar-refractivity contribution >= 4 is 67.8 Å². The van der Waals surface area contributed by atoms with Gasteiger partial charge in [0, 0.05) is 32.0 Å². The number of para-hydroxylation sites is 2. The number of benzene rings is 3. The molecule has 142 valence electrons. The van der Waals surface area contributed by atoms with E-state index in [1.54, 1.807) is 22.7 Å². The van der Waals surface area contributed by atoms with Gasteiger partial charge >= 0.3 is 0 Å². The zero-order valence-electron chi connectivity index (χ0n) is 14.7. The molecule has 1 aliphatic heterocycles. The van der Waals surface area contributed by atoms with Crippen molar-refractivity contribution in [3.63, 3.8) is 0 Å². The monoisotopic (exact) mass is 438 g/mol. The first-order chi connectivity index (χ1) is 14.0. The van der Waals surface area contributed by atoms with Crippen LogP contribution in [-0.2, 0) is 0 Å². The lowest BCUT2D eigenvalue weighted by molar-refractivity contribution is -0.384. The summed E-state index contributed by atoms with van der Waals surface area (Å²) in [7, 11) is 0. The molecule has 4 aromatic rings.